The standard InChI is InChI=1S/C14H25N3/c1-4-6-7-8-9-10-15-11-13-12-17(3)16-14(13)5-2/h4,12,15H,1,5-11H2,2-3H3. The molecular formula is C14H25N3. The van der Waals surface area contributed by atoms with E-state index in [2.05, 4.69) is 30.1 Å². The fourth-order valence-electron chi connectivity index (χ4n) is 1.97. The second-order valence-electron chi connectivity index (χ2n) is 4.44. The fourth-order valence-corrected chi connectivity index (χ4v) is 1.97. The van der Waals surface area contributed by atoms with Gasteiger partial charge in [0.2, 0.25) is 0 Å². The second kappa shape index (κ2) is 8.07. The minimum Gasteiger partial charge on any atom is -0.313 e. The van der Waals surface area contributed by atoms with Gasteiger partial charge in [-0.15, -0.1) is 6.58 Å². The van der Waals surface area contributed by atoms with Crippen LogP contribution in [-0.4, -0.2) is 16.3 Å². The van der Waals surface area contributed by atoms with Gasteiger partial charge in [0.15, 0.2) is 0 Å². The minimum absolute atomic E-state index is 0.943. The molecule has 0 saturated heterocycles. The highest BCUT2D eigenvalue weighted by molar-refractivity contribution is 5.16. The lowest BCUT2D eigenvalue weighted by Gasteiger charge is -2.03. The molecule has 3 nitrogen and oxygen atoms in total. The average Bonchev–Trinajstić information content (AvgIpc) is 2.68. The Morgan fingerprint density at radius 1 is 1.41 bits per heavy atom. The Morgan fingerprint density at radius 2 is 2.24 bits per heavy atom. The molecule has 1 rings (SSSR count). The first-order chi connectivity index (χ1) is 8.27. The highest BCUT2D eigenvalue weighted by Gasteiger charge is 2.04. The SMILES string of the molecule is C=CCCCCCNCc1cn(C)nc1CC. The van der Waals surface area contributed by atoms with Gasteiger partial charge in [0.05, 0.1) is 5.69 Å². The van der Waals surface area contributed by atoms with E-state index in [1.165, 1.54) is 30.5 Å². The zero-order chi connectivity index (χ0) is 12.5. The van der Waals surface area contributed by atoms with Crippen LogP contribution in [0, 0.1) is 0 Å². The van der Waals surface area contributed by atoms with Crippen molar-refractivity contribution in [1.82, 2.24) is 15.1 Å². The molecule has 96 valence electrons. The van der Waals surface area contributed by atoms with Crippen LogP contribution in [0.2, 0.25) is 0 Å². The molecule has 1 aromatic heterocycles. The van der Waals surface area contributed by atoms with Gasteiger partial charge >= 0.3 is 0 Å². The van der Waals surface area contributed by atoms with E-state index >= 15 is 0 Å². The molecular weight excluding hydrogens is 210 g/mol. The summed E-state index contributed by atoms with van der Waals surface area (Å²) in [5.74, 6) is 0. The molecule has 0 amide bonds. The van der Waals surface area contributed by atoms with E-state index in [0.717, 1.165) is 25.9 Å². The summed E-state index contributed by atoms with van der Waals surface area (Å²) in [6.07, 6.45) is 10.1. The number of nitrogens with one attached hydrogen (secondary N) is 1. The summed E-state index contributed by atoms with van der Waals surface area (Å²) in [4.78, 5) is 0. The maximum absolute atomic E-state index is 4.43. The first kappa shape index (κ1) is 14.0. The fraction of sp³-hybridized carbons (Fsp3) is 0.643. The predicted molar refractivity (Wildman–Crippen MR) is 73.0 cm³/mol. The normalized spacial score (nSPS) is 10.7. The van der Waals surface area contributed by atoms with Crippen LogP contribution in [0.25, 0.3) is 0 Å². The van der Waals surface area contributed by atoms with Gasteiger partial charge in [-0.25, -0.2) is 0 Å². The molecule has 1 N–H and O–H groups in total. The molecule has 0 aliphatic rings. The Hall–Kier alpha value is -1.09. The number of hydrogen-bond acceptors (Lipinski definition) is 2. The summed E-state index contributed by atoms with van der Waals surface area (Å²) in [5, 5.41) is 7.92. The lowest BCUT2D eigenvalue weighted by atomic mass is 10.2. The van der Waals surface area contributed by atoms with Gasteiger partial charge in [-0.1, -0.05) is 19.4 Å². The van der Waals surface area contributed by atoms with E-state index in [-0.39, 0.29) is 0 Å². The number of allylic oxidation sites excluding steroid dienone is 1. The van der Waals surface area contributed by atoms with E-state index in [1.54, 1.807) is 0 Å². The lowest BCUT2D eigenvalue weighted by molar-refractivity contribution is 0.604. The molecule has 0 unspecified atom stereocenters. The Bertz CT molecular complexity index is 328. The highest BCUT2D eigenvalue weighted by Crippen LogP contribution is 2.06. The van der Waals surface area contributed by atoms with Crippen molar-refractivity contribution in [3.05, 3.63) is 30.1 Å². The summed E-state index contributed by atoms with van der Waals surface area (Å²) < 4.78 is 1.90. The molecule has 0 fully saturated rings. The van der Waals surface area contributed by atoms with E-state index in [1.807, 2.05) is 17.8 Å². The van der Waals surface area contributed by atoms with Gasteiger partial charge in [0, 0.05) is 25.4 Å². The van der Waals surface area contributed by atoms with E-state index in [0.29, 0.717) is 0 Å². The van der Waals surface area contributed by atoms with E-state index in [9.17, 15) is 0 Å². The smallest absolute Gasteiger partial charge is 0.0666 e. The van der Waals surface area contributed by atoms with Crippen LogP contribution in [0.4, 0.5) is 0 Å². The molecule has 0 radical (unpaired) electrons. The average molecular weight is 235 g/mol. The highest BCUT2D eigenvalue weighted by atomic mass is 15.3. The van der Waals surface area contributed by atoms with Crippen LogP contribution >= 0.6 is 0 Å². The molecule has 0 aliphatic carbocycles. The summed E-state index contributed by atoms with van der Waals surface area (Å²) in [6, 6.07) is 0. The van der Waals surface area contributed by atoms with Crippen molar-refractivity contribution in [2.24, 2.45) is 7.05 Å². The number of unbranched alkanes of at least 4 members (excludes halogenated alkanes) is 3. The quantitative estimate of drug-likeness (QED) is 0.527. The zero-order valence-electron chi connectivity index (χ0n) is 11.2. The Balaban J connectivity index is 2.15. The van der Waals surface area contributed by atoms with Crippen molar-refractivity contribution in [3.63, 3.8) is 0 Å². The molecule has 0 aromatic carbocycles. The van der Waals surface area contributed by atoms with Crippen molar-refractivity contribution in [2.75, 3.05) is 6.54 Å². The van der Waals surface area contributed by atoms with Crippen LogP contribution in [0.1, 0.15) is 43.9 Å². The summed E-state index contributed by atoms with van der Waals surface area (Å²) >= 11 is 0. The summed E-state index contributed by atoms with van der Waals surface area (Å²) in [5.41, 5.74) is 2.55. The molecule has 0 spiro atoms. The maximum Gasteiger partial charge on any atom is 0.0666 e. The Morgan fingerprint density at radius 3 is 2.94 bits per heavy atom. The number of nitrogens with zero attached hydrogens (tertiary/aromatic N) is 2. The maximum atomic E-state index is 4.43. The first-order valence-corrected chi connectivity index (χ1v) is 6.61. The lowest BCUT2D eigenvalue weighted by Crippen LogP contribution is -2.15. The van der Waals surface area contributed by atoms with Gasteiger partial charge in [-0.05, 0) is 32.2 Å². The van der Waals surface area contributed by atoms with Crippen molar-refractivity contribution in [2.45, 2.75) is 45.6 Å². The van der Waals surface area contributed by atoms with Gasteiger partial charge in [-0.3, -0.25) is 4.68 Å². The molecule has 1 heterocycles. The molecule has 0 saturated carbocycles. The first-order valence-electron chi connectivity index (χ1n) is 6.61. The zero-order valence-corrected chi connectivity index (χ0v) is 11.2. The number of hydrogen-bond donors (Lipinski definition) is 1. The molecule has 1 aromatic rings. The third-order valence-corrected chi connectivity index (χ3v) is 2.90. The molecule has 0 bridgehead atoms. The molecule has 3 heteroatoms. The van der Waals surface area contributed by atoms with Gasteiger partial charge < -0.3 is 5.32 Å². The molecule has 0 atom stereocenters. The topological polar surface area (TPSA) is 29.9 Å². The number of rotatable bonds is 9. The van der Waals surface area contributed by atoms with Gasteiger partial charge in [0.25, 0.3) is 0 Å². The van der Waals surface area contributed by atoms with E-state index in [4.69, 9.17) is 0 Å². The largest absolute Gasteiger partial charge is 0.313 e. The predicted octanol–water partition coefficient (Wildman–Crippen LogP) is 2.82. The molecule has 0 aliphatic heterocycles. The van der Waals surface area contributed by atoms with Crippen LogP contribution in [0.15, 0.2) is 18.9 Å². The van der Waals surface area contributed by atoms with Gasteiger partial charge in [0.1, 0.15) is 0 Å². The van der Waals surface area contributed by atoms with Crippen LogP contribution in [0.5, 0.6) is 0 Å². The van der Waals surface area contributed by atoms with Crippen molar-refractivity contribution in [1.29, 1.82) is 0 Å². The van der Waals surface area contributed by atoms with E-state index < -0.39 is 0 Å². The third kappa shape index (κ3) is 5.18. The van der Waals surface area contributed by atoms with Crippen molar-refractivity contribution < 1.29 is 0 Å². The Labute approximate surface area is 105 Å². The van der Waals surface area contributed by atoms with Crippen molar-refractivity contribution in [3.8, 4) is 0 Å². The van der Waals surface area contributed by atoms with Crippen molar-refractivity contribution >= 4 is 0 Å². The van der Waals surface area contributed by atoms with Crippen LogP contribution in [-0.2, 0) is 20.0 Å². The second-order valence-corrected chi connectivity index (χ2v) is 4.44. The monoisotopic (exact) mass is 235 g/mol. The molecule has 17 heavy (non-hydrogen) atoms. The van der Waals surface area contributed by atoms with Crippen LogP contribution in [0.3, 0.4) is 0 Å². The Kier molecular flexibility index (Phi) is 6.63. The minimum atomic E-state index is 0.943. The number of aromatic nitrogens is 2. The number of aryl methyl sites for hydroxylation is 2. The third-order valence-electron chi connectivity index (χ3n) is 2.90. The summed E-state index contributed by atoms with van der Waals surface area (Å²) in [6.45, 7) is 7.92. The summed E-state index contributed by atoms with van der Waals surface area (Å²) in [7, 11) is 1.98. The van der Waals surface area contributed by atoms with Crippen LogP contribution < -0.4 is 5.32 Å². The van der Waals surface area contributed by atoms with Gasteiger partial charge in [-0.2, -0.15) is 5.10 Å².